The van der Waals surface area contributed by atoms with Gasteiger partial charge < -0.3 is 0 Å². The second kappa shape index (κ2) is 7.47. The maximum atomic E-state index is 12.1. The average molecular weight is 385 g/mol. The molecule has 0 N–H and O–H groups in total. The van der Waals surface area contributed by atoms with Crippen molar-refractivity contribution in [3.63, 3.8) is 0 Å². The van der Waals surface area contributed by atoms with E-state index >= 15 is 0 Å². The van der Waals surface area contributed by atoms with Crippen LogP contribution in [0.3, 0.4) is 0 Å². The Kier molecular flexibility index (Phi) is 5.14. The van der Waals surface area contributed by atoms with Crippen molar-refractivity contribution < 1.29 is 9.53 Å². The summed E-state index contributed by atoms with van der Waals surface area (Å²) >= 11 is -0.188. The van der Waals surface area contributed by atoms with Gasteiger partial charge in [0.25, 0.3) is 0 Å². The number of aryl methyl sites for hydroxylation is 1. The average Bonchev–Trinajstić information content (AvgIpc) is 3.02. The molecule has 0 amide bonds. The Balaban J connectivity index is 1.95. The van der Waals surface area contributed by atoms with Crippen LogP contribution in [0.5, 0.6) is 0 Å². The van der Waals surface area contributed by atoms with E-state index < -0.39 is 0 Å². The van der Waals surface area contributed by atoms with Crippen LogP contribution in [0.15, 0.2) is 64.3 Å². The second-order valence-corrected chi connectivity index (χ2v) is 7.39. The molecule has 0 saturated heterocycles. The number of hydrogen-bond acceptors (Lipinski definition) is 4. The van der Waals surface area contributed by atoms with Crippen LogP contribution in [0.1, 0.15) is 18.1 Å². The fourth-order valence-corrected chi connectivity index (χ4v) is 4.10. The van der Waals surface area contributed by atoms with Crippen molar-refractivity contribution in [2.24, 2.45) is 5.10 Å². The monoisotopic (exact) mass is 386 g/mol. The summed E-state index contributed by atoms with van der Waals surface area (Å²) in [6.07, 6.45) is 2.09. The topological polar surface area (TPSA) is 41.9 Å². The zero-order valence-electron chi connectivity index (χ0n) is 13.6. The summed E-state index contributed by atoms with van der Waals surface area (Å²) in [6.45, 7) is 4.23. The molecular weight excluding hydrogens is 367 g/mol. The summed E-state index contributed by atoms with van der Waals surface area (Å²) < 4.78 is 6.62. The fraction of sp³-hybridized carbons (Fsp3) is 0.158. The first-order chi connectivity index (χ1) is 11.7. The molecule has 24 heavy (non-hydrogen) atoms. The number of benzene rings is 2. The number of esters is 1. The molecule has 2 aromatic rings. The van der Waals surface area contributed by atoms with Gasteiger partial charge in [-0.05, 0) is 0 Å². The van der Waals surface area contributed by atoms with E-state index in [4.69, 9.17) is 4.74 Å². The molecule has 0 aromatic heterocycles. The van der Waals surface area contributed by atoms with Gasteiger partial charge in [-0.15, -0.1) is 0 Å². The number of para-hydroxylation sites is 1. The van der Waals surface area contributed by atoms with E-state index in [0.29, 0.717) is 11.2 Å². The Morgan fingerprint density at radius 3 is 2.54 bits per heavy atom. The SMILES string of the molecule is CCOC(=O)C1=NN(c2ccccc2)/C(=C/c2ccc(C)cc2)[Se]1. The van der Waals surface area contributed by atoms with Crippen LogP contribution in [-0.2, 0) is 9.53 Å². The third-order valence-electron chi connectivity index (χ3n) is 3.42. The maximum absolute atomic E-state index is 12.1. The van der Waals surface area contributed by atoms with Crippen molar-refractivity contribution in [2.45, 2.75) is 13.8 Å². The molecule has 1 aliphatic rings. The van der Waals surface area contributed by atoms with Crippen molar-refractivity contribution in [1.82, 2.24) is 0 Å². The van der Waals surface area contributed by atoms with Gasteiger partial charge in [-0.1, -0.05) is 0 Å². The summed E-state index contributed by atoms with van der Waals surface area (Å²) in [6, 6.07) is 18.2. The van der Waals surface area contributed by atoms with E-state index in [1.165, 1.54) is 5.56 Å². The molecular formula is C19H18N2O2Se. The standard InChI is InChI=1S/C19H18N2O2Se/c1-3-23-19(22)18-20-21(16-7-5-4-6-8-16)17(24-18)13-15-11-9-14(2)10-12-15/h4-13H,3H2,1-2H3/b17-13-. The molecule has 1 heterocycles. The van der Waals surface area contributed by atoms with Crippen LogP contribution in [0, 0.1) is 6.92 Å². The summed E-state index contributed by atoms with van der Waals surface area (Å²) in [7, 11) is 0. The van der Waals surface area contributed by atoms with Crippen LogP contribution in [0.2, 0.25) is 0 Å². The fourth-order valence-electron chi connectivity index (χ4n) is 2.23. The van der Waals surface area contributed by atoms with E-state index in [1.54, 1.807) is 6.92 Å². The Morgan fingerprint density at radius 2 is 1.88 bits per heavy atom. The van der Waals surface area contributed by atoms with Gasteiger partial charge in [0, 0.05) is 0 Å². The van der Waals surface area contributed by atoms with Crippen LogP contribution in [0.4, 0.5) is 5.69 Å². The van der Waals surface area contributed by atoms with Crippen LogP contribution >= 0.6 is 0 Å². The summed E-state index contributed by atoms with van der Waals surface area (Å²) in [5.41, 5.74) is 3.26. The molecule has 0 aliphatic carbocycles. The zero-order valence-corrected chi connectivity index (χ0v) is 15.3. The Hall–Kier alpha value is -2.36. The van der Waals surface area contributed by atoms with Crippen molar-refractivity contribution in [3.05, 3.63) is 70.3 Å². The number of rotatable bonds is 4. The Bertz CT molecular complexity index is 783. The van der Waals surface area contributed by atoms with Gasteiger partial charge in [-0.2, -0.15) is 0 Å². The molecule has 0 bridgehead atoms. The van der Waals surface area contributed by atoms with Crippen LogP contribution < -0.4 is 5.01 Å². The number of ether oxygens (including phenoxy) is 1. The molecule has 0 atom stereocenters. The third kappa shape index (κ3) is 3.75. The molecule has 2 aromatic carbocycles. The summed E-state index contributed by atoms with van der Waals surface area (Å²) in [5, 5.41) is 6.35. The number of anilines is 1. The van der Waals surface area contributed by atoms with Gasteiger partial charge in [0.15, 0.2) is 0 Å². The third-order valence-corrected chi connectivity index (χ3v) is 5.39. The molecule has 3 rings (SSSR count). The minimum absolute atomic E-state index is 0.188. The zero-order chi connectivity index (χ0) is 16.9. The number of carbonyl (C=O) groups is 1. The molecule has 0 radical (unpaired) electrons. The first kappa shape index (κ1) is 16.5. The first-order valence-corrected chi connectivity index (χ1v) is 9.46. The van der Waals surface area contributed by atoms with Crippen molar-refractivity contribution in [3.8, 4) is 0 Å². The molecule has 0 spiro atoms. The Labute approximate surface area is 148 Å². The van der Waals surface area contributed by atoms with Gasteiger partial charge in [0.1, 0.15) is 0 Å². The summed E-state index contributed by atoms with van der Waals surface area (Å²) in [4.78, 5) is 12.1. The normalized spacial score (nSPS) is 15.5. The van der Waals surface area contributed by atoms with Crippen molar-refractivity contribution in [1.29, 1.82) is 0 Å². The van der Waals surface area contributed by atoms with Gasteiger partial charge in [-0.25, -0.2) is 0 Å². The van der Waals surface area contributed by atoms with Crippen LogP contribution in [0.25, 0.3) is 6.08 Å². The first-order valence-electron chi connectivity index (χ1n) is 7.74. The van der Waals surface area contributed by atoms with Gasteiger partial charge in [0.05, 0.1) is 0 Å². The van der Waals surface area contributed by atoms with Gasteiger partial charge >= 0.3 is 148 Å². The van der Waals surface area contributed by atoms with E-state index in [2.05, 4.69) is 42.4 Å². The van der Waals surface area contributed by atoms with Crippen LogP contribution in [-0.4, -0.2) is 32.1 Å². The number of carbonyl (C=O) groups excluding carboxylic acids is 1. The second-order valence-electron chi connectivity index (χ2n) is 5.27. The molecule has 0 fully saturated rings. The molecule has 0 unspecified atom stereocenters. The van der Waals surface area contributed by atoms with Crippen molar-refractivity contribution >= 4 is 37.3 Å². The van der Waals surface area contributed by atoms with Gasteiger partial charge in [0.2, 0.25) is 0 Å². The van der Waals surface area contributed by atoms with E-state index in [-0.39, 0.29) is 20.9 Å². The quantitative estimate of drug-likeness (QED) is 0.599. The van der Waals surface area contributed by atoms with Crippen molar-refractivity contribution in [2.75, 3.05) is 11.6 Å². The predicted molar refractivity (Wildman–Crippen MR) is 97.9 cm³/mol. The summed E-state index contributed by atoms with van der Waals surface area (Å²) in [5.74, 6) is -0.328. The number of nitrogens with zero attached hydrogens (tertiary/aromatic N) is 2. The minimum atomic E-state index is -0.328. The molecule has 122 valence electrons. The Morgan fingerprint density at radius 1 is 1.17 bits per heavy atom. The molecule has 4 nitrogen and oxygen atoms in total. The van der Waals surface area contributed by atoms with E-state index in [9.17, 15) is 4.79 Å². The van der Waals surface area contributed by atoms with E-state index in [1.807, 2.05) is 35.3 Å². The number of hydrogen-bond donors (Lipinski definition) is 0. The molecule has 5 heteroatoms. The molecule has 0 saturated carbocycles. The van der Waals surface area contributed by atoms with E-state index in [0.717, 1.165) is 15.8 Å². The molecule has 1 aliphatic heterocycles. The number of hydrazone groups is 1. The predicted octanol–water partition coefficient (Wildman–Crippen LogP) is 3.39. The van der Waals surface area contributed by atoms with Gasteiger partial charge in [-0.3, -0.25) is 0 Å².